The van der Waals surface area contributed by atoms with Crippen LogP contribution in [0.2, 0.25) is 5.02 Å². The van der Waals surface area contributed by atoms with Crippen molar-refractivity contribution in [2.75, 3.05) is 0 Å². The standard InChI is InChI=1S/C14H10BrClO/c1-9-8-10(16)6-7-11(9)14(17)12-4-2-3-5-13(12)15/h2-8H,1H3. The molecule has 3 heteroatoms. The fourth-order valence-corrected chi connectivity index (χ4v) is 2.36. The topological polar surface area (TPSA) is 17.1 Å². The Morgan fingerprint density at radius 3 is 2.47 bits per heavy atom. The van der Waals surface area contributed by atoms with Crippen molar-refractivity contribution in [1.29, 1.82) is 0 Å². The molecule has 2 aromatic carbocycles. The zero-order valence-electron chi connectivity index (χ0n) is 9.21. The number of carbonyl (C=O) groups excluding carboxylic acids is 1. The summed E-state index contributed by atoms with van der Waals surface area (Å²) in [6.45, 7) is 1.88. The Bertz CT molecular complexity index is 578. The van der Waals surface area contributed by atoms with Crippen molar-refractivity contribution in [3.63, 3.8) is 0 Å². The number of hydrogen-bond acceptors (Lipinski definition) is 1. The van der Waals surface area contributed by atoms with E-state index in [-0.39, 0.29) is 5.78 Å². The molecule has 0 aliphatic carbocycles. The van der Waals surface area contributed by atoms with Gasteiger partial charge in [-0.05, 0) is 42.8 Å². The minimum Gasteiger partial charge on any atom is -0.289 e. The molecule has 0 atom stereocenters. The Balaban J connectivity index is 2.48. The van der Waals surface area contributed by atoms with Crippen LogP contribution in [0.1, 0.15) is 21.5 Å². The summed E-state index contributed by atoms with van der Waals surface area (Å²) in [7, 11) is 0. The van der Waals surface area contributed by atoms with Crippen LogP contribution in [0.4, 0.5) is 0 Å². The Kier molecular flexibility index (Phi) is 3.65. The molecule has 0 aliphatic heterocycles. The molecule has 17 heavy (non-hydrogen) atoms. The molecule has 0 amide bonds. The zero-order chi connectivity index (χ0) is 12.4. The average Bonchev–Trinajstić information content (AvgIpc) is 2.29. The fourth-order valence-electron chi connectivity index (χ4n) is 1.67. The highest BCUT2D eigenvalue weighted by Gasteiger charge is 2.14. The Morgan fingerprint density at radius 2 is 1.82 bits per heavy atom. The second-order valence-electron chi connectivity index (χ2n) is 3.77. The van der Waals surface area contributed by atoms with E-state index in [4.69, 9.17) is 11.6 Å². The Hall–Kier alpha value is -1.12. The predicted octanol–water partition coefficient (Wildman–Crippen LogP) is 4.64. The van der Waals surface area contributed by atoms with Crippen LogP contribution >= 0.6 is 27.5 Å². The molecular formula is C14H10BrClO. The summed E-state index contributed by atoms with van der Waals surface area (Å²) >= 11 is 9.26. The largest absolute Gasteiger partial charge is 0.289 e. The normalized spacial score (nSPS) is 10.3. The van der Waals surface area contributed by atoms with Crippen LogP contribution in [0.15, 0.2) is 46.9 Å². The van der Waals surface area contributed by atoms with Crippen LogP contribution in [0.25, 0.3) is 0 Å². The van der Waals surface area contributed by atoms with Gasteiger partial charge in [-0.2, -0.15) is 0 Å². The number of hydrogen-bond donors (Lipinski definition) is 0. The van der Waals surface area contributed by atoms with E-state index in [1.807, 2.05) is 25.1 Å². The minimum atomic E-state index is 0.00615. The molecule has 0 unspecified atom stereocenters. The summed E-state index contributed by atoms with van der Waals surface area (Å²) in [5.74, 6) is 0.00615. The molecule has 0 aliphatic rings. The summed E-state index contributed by atoms with van der Waals surface area (Å²) in [5.41, 5.74) is 2.23. The summed E-state index contributed by atoms with van der Waals surface area (Å²) in [4.78, 5) is 12.3. The number of ketones is 1. The molecule has 0 saturated heterocycles. The fraction of sp³-hybridized carbons (Fsp3) is 0.0714. The molecule has 0 fully saturated rings. The van der Waals surface area contributed by atoms with E-state index in [0.717, 1.165) is 10.0 Å². The van der Waals surface area contributed by atoms with Gasteiger partial charge in [0.15, 0.2) is 5.78 Å². The second-order valence-corrected chi connectivity index (χ2v) is 5.06. The van der Waals surface area contributed by atoms with Crippen molar-refractivity contribution < 1.29 is 4.79 Å². The lowest BCUT2D eigenvalue weighted by Crippen LogP contribution is -2.04. The van der Waals surface area contributed by atoms with E-state index >= 15 is 0 Å². The number of rotatable bonds is 2. The molecule has 0 saturated carbocycles. The molecule has 1 nitrogen and oxygen atoms in total. The molecule has 0 heterocycles. The maximum Gasteiger partial charge on any atom is 0.194 e. The number of carbonyl (C=O) groups is 1. The lowest BCUT2D eigenvalue weighted by atomic mass is 9.99. The predicted molar refractivity (Wildman–Crippen MR) is 73.8 cm³/mol. The Labute approximate surface area is 114 Å². The van der Waals surface area contributed by atoms with Crippen molar-refractivity contribution >= 4 is 33.3 Å². The van der Waals surface area contributed by atoms with E-state index in [9.17, 15) is 4.79 Å². The SMILES string of the molecule is Cc1cc(Cl)ccc1C(=O)c1ccccc1Br. The lowest BCUT2D eigenvalue weighted by Gasteiger charge is -2.07. The van der Waals surface area contributed by atoms with Gasteiger partial charge < -0.3 is 0 Å². The van der Waals surface area contributed by atoms with Gasteiger partial charge in [0, 0.05) is 20.6 Å². The highest BCUT2D eigenvalue weighted by atomic mass is 79.9. The van der Waals surface area contributed by atoms with Crippen LogP contribution in [-0.4, -0.2) is 5.78 Å². The summed E-state index contributed by atoms with van der Waals surface area (Å²) in [6, 6.07) is 12.7. The number of aryl methyl sites for hydroxylation is 1. The third kappa shape index (κ3) is 2.59. The first kappa shape index (κ1) is 12.3. The first-order valence-electron chi connectivity index (χ1n) is 5.15. The molecule has 0 spiro atoms. The Morgan fingerprint density at radius 1 is 1.12 bits per heavy atom. The third-order valence-electron chi connectivity index (χ3n) is 2.55. The first-order valence-corrected chi connectivity index (χ1v) is 6.32. The van der Waals surface area contributed by atoms with E-state index in [2.05, 4.69) is 15.9 Å². The number of halogens is 2. The van der Waals surface area contributed by atoms with Gasteiger partial charge in [-0.15, -0.1) is 0 Å². The molecule has 0 N–H and O–H groups in total. The van der Waals surface area contributed by atoms with Gasteiger partial charge in [0.25, 0.3) is 0 Å². The van der Waals surface area contributed by atoms with Gasteiger partial charge >= 0.3 is 0 Å². The molecular weight excluding hydrogens is 300 g/mol. The highest BCUT2D eigenvalue weighted by Crippen LogP contribution is 2.23. The monoisotopic (exact) mass is 308 g/mol. The molecule has 2 rings (SSSR count). The van der Waals surface area contributed by atoms with Crippen LogP contribution in [0.3, 0.4) is 0 Å². The summed E-state index contributed by atoms with van der Waals surface area (Å²) in [6.07, 6.45) is 0. The van der Waals surface area contributed by atoms with Gasteiger partial charge in [0.1, 0.15) is 0 Å². The second kappa shape index (κ2) is 5.03. The van der Waals surface area contributed by atoms with Crippen molar-refractivity contribution in [2.45, 2.75) is 6.92 Å². The van der Waals surface area contributed by atoms with Crippen molar-refractivity contribution in [1.82, 2.24) is 0 Å². The van der Waals surface area contributed by atoms with Crippen LogP contribution in [-0.2, 0) is 0 Å². The first-order chi connectivity index (χ1) is 8.09. The third-order valence-corrected chi connectivity index (χ3v) is 3.48. The summed E-state index contributed by atoms with van der Waals surface area (Å²) < 4.78 is 0.805. The van der Waals surface area contributed by atoms with Crippen molar-refractivity contribution in [3.8, 4) is 0 Å². The molecule has 0 aromatic heterocycles. The lowest BCUT2D eigenvalue weighted by molar-refractivity contribution is 0.103. The maximum absolute atomic E-state index is 12.3. The van der Waals surface area contributed by atoms with Gasteiger partial charge in [-0.25, -0.2) is 0 Å². The maximum atomic E-state index is 12.3. The molecule has 0 bridgehead atoms. The minimum absolute atomic E-state index is 0.00615. The average molecular weight is 310 g/mol. The van der Waals surface area contributed by atoms with Crippen LogP contribution in [0, 0.1) is 6.92 Å². The van der Waals surface area contributed by atoms with Gasteiger partial charge in [0.2, 0.25) is 0 Å². The molecule has 86 valence electrons. The van der Waals surface area contributed by atoms with E-state index < -0.39 is 0 Å². The van der Waals surface area contributed by atoms with Crippen molar-refractivity contribution in [2.24, 2.45) is 0 Å². The van der Waals surface area contributed by atoms with E-state index in [0.29, 0.717) is 16.1 Å². The number of benzene rings is 2. The van der Waals surface area contributed by atoms with E-state index in [1.165, 1.54) is 0 Å². The van der Waals surface area contributed by atoms with Gasteiger partial charge in [0.05, 0.1) is 0 Å². The van der Waals surface area contributed by atoms with Crippen LogP contribution < -0.4 is 0 Å². The molecule has 2 aromatic rings. The zero-order valence-corrected chi connectivity index (χ0v) is 11.5. The van der Waals surface area contributed by atoms with E-state index in [1.54, 1.807) is 24.3 Å². The highest BCUT2D eigenvalue weighted by molar-refractivity contribution is 9.10. The summed E-state index contributed by atoms with van der Waals surface area (Å²) in [5, 5.41) is 0.645. The van der Waals surface area contributed by atoms with Crippen molar-refractivity contribution in [3.05, 3.63) is 68.7 Å². The van der Waals surface area contributed by atoms with Gasteiger partial charge in [-0.1, -0.05) is 39.7 Å². The van der Waals surface area contributed by atoms with Gasteiger partial charge in [-0.3, -0.25) is 4.79 Å². The molecule has 0 radical (unpaired) electrons. The quantitative estimate of drug-likeness (QED) is 0.738. The van der Waals surface area contributed by atoms with Crippen LogP contribution in [0.5, 0.6) is 0 Å². The smallest absolute Gasteiger partial charge is 0.194 e.